The molecular weight excluding hydrogens is 373 g/mol. The van der Waals surface area contributed by atoms with Crippen LogP contribution in [0.3, 0.4) is 0 Å². The molecule has 2 aromatic rings. The number of sulfone groups is 1. The molecule has 0 aliphatic carbocycles. The number of nitrogens with zero attached hydrogens (tertiary/aromatic N) is 1. The zero-order valence-corrected chi connectivity index (χ0v) is 13.4. The van der Waals surface area contributed by atoms with Crippen molar-refractivity contribution in [1.29, 1.82) is 0 Å². The van der Waals surface area contributed by atoms with Gasteiger partial charge in [-0.2, -0.15) is 0 Å². The van der Waals surface area contributed by atoms with Gasteiger partial charge in [0.1, 0.15) is 0 Å². The van der Waals surface area contributed by atoms with E-state index < -0.39 is 9.84 Å². The van der Waals surface area contributed by atoms with E-state index in [1.165, 1.54) is 12.3 Å². The molecule has 1 aromatic heterocycles. The summed E-state index contributed by atoms with van der Waals surface area (Å²) >= 11 is 14.9. The van der Waals surface area contributed by atoms with E-state index in [2.05, 4.69) is 20.9 Å². The van der Waals surface area contributed by atoms with E-state index in [-0.39, 0.29) is 10.8 Å². The standard InChI is InChI=1S/C12H8BrCl2NO2S/c13-9-2-4-12(16-6-9)19(17,18)7-8-1-3-10(14)11(15)5-8/h1-6H,7H2. The van der Waals surface area contributed by atoms with Gasteiger partial charge in [0.15, 0.2) is 14.9 Å². The summed E-state index contributed by atoms with van der Waals surface area (Å²) in [7, 11) is -3.49. The average Bonchev–Trinajstić information content (AvgIpc) is 2.34. The van der Waals surface area contributed by atoms with Crippen LogP contribution in [0.4, 0.5) is 0 Å². The molecule has 0 aliphatic rings. The average molecular weight is 381 g/mol. The van der Waals surface area contributed by atoms with Gasteiger partial charge in [-0.05, 0) is 45.8 Å². The first-order chi connectivity index (χ1) is 8.88. The fourth-order valence-corrected chi connectivity index (χ4v) is 3.28. The van der Waals surface area contributed by atoms with Gasteiger partial charge in [0.2, 0.25) is 0 Å². The van der Waals surface area contributed by atoms with Crippen LogP contribution >= 0.6 is 39.1 Å². The maximum Gasteiger partial charge on any atom is 0.199 e. The van der Waals surface area contributed by atoms with Crippen LogP contribution in [0.5, 0.6) is 0 Å². The van der Waals surface area contributed by atoms with Crippen molar-refractivity contribution in [2.75, 3.05) is 0 Å². The van der Waals surface area contributed by atoms with E-state index in [1.54, 1.807) is 24.3 Å². The van der Waals surface area contributed by atoms with Crippen LogP contribution < -0.4 is 0 Å². The minimum atomic E-state index is -3.49. The molecule has 2 rings (SSSR count). The summed E-state index contributed by atoms with van der Waals surface area (Å²) in [6.45, 7) is 0. The molecule has 0 bridgehead atoms. The highest BCUT2D eigenvalue weighted by molar-refractivity contribution is 9.10. The monoisotopic (exact) mass is 379 g/mol. The van der Waals surface area contributed by atoms with Crippen LogP contribution in [0.25, 0.3) is 0 Å². The SMILES string of the molecule is O=S(=O)(Cc1ccc(Cl)c(Cl)c1)c1ccc(Br)cn1. The van der Waals surface area contributed by atoms with E-state index in [4.69, 9.17) is 23.2 Å². The molecule has 0 spiro atoms. The largest absolute Gasteiger partial charge is 0.244 e. The van der Waals surface area contributed by atoms with Crippen molar-refractivity contribution in [3.05, 3.63) is 56.6 Å². The van der Waals surface area contributed by atoms with Gasteiger partial charge in [-0.1, -0.05) is 29.3 Å². The normalized spacial score (nSPS) is 11.5. The molecule has 3 nitrogen and oxygen atoms in total. The Hall–Kier alpha value is -0.620. The Kier molecular flexibility index (Phi) is 4.50. The molecule has 7 heteroatoms. The molecule has 0 N–H and O–H groups in total. The maximum absolute atomic E-state index is 12.2. The van der Waals surface area contributed by atoms with Gasteiger partial charge in [-0.15, -0.1) is 0 Å². The van der Waals surface area contributed by atoms with Gasteiger partial charge in [0.25, 0.3) is 0 Å². The highest BCUT2D eigenvalue weighted by Gasteiger charge is 2.17. The van der Waals surface area contributed by atoms with Gasteiger partial charge in [-0.25, -0.2) is 13.4 Å². The zero-order chi connectivity index (χ0) is 14.0. The number of pyridine rings is 1. The molecule has 0 saturated carbocycles. The molecule has 0 radical (unpaired) electrons. The highest BCUT2D eigenvalue weighted by atomic mass is 79.9. The summed E-state index contributed by atoms with van der Waals surface area (Å²) in [6.07, 6.45) is 1.45. The van der Waals surface area contributed by atoms with E-state index in [1.807, 2.05) is 0 Å². The van der Waals surface area contributed by atoms with E-state index in [9.17, 15) is 8.42 Å². The number of benzene rings is 1. The Morgan fingerprint density at radius 3 is 2.42 bits per heavy atom. The fraction of sp³-hybridized carbons (Fsp3) is 0.0833. The van der Waals surface area contributed by atoms with Gasteiger partial charge in [0, 0.05) is 10.7 Å². The summed E-state index contributed by atoms with van der Waals surface area (Å²) in [6, 6.07) is 7.83. The van der Waals surface area contributed by atoms with E-state index in [0.29, 0.717) is 15.6 Å². The van der Waals surface area contributed by atoms with E-state index in [0.717, 1.165) is 4.47 Å². The summed E-state index contributed by atoms with van der Waals surface area (Å²) in [4.78, 5) is 3.89. The quantitative estimate of drug-likeness (QED) is 0.804. The Morgan fingerprint density at radius 2 is 1.84 bits per heavy atom. The zero-order valence-electron chi connectivity index (χ0n) is 9.48. The topological polar surface area (TPSA) is 47.0 Å². The van der Waals surface area contributed by atoms with E-state index >= 15 is 0 Å². The van der Waals surface area contributed by atoms with Crippen LogP contribution in [0.2, 0.25) is 10.0 Å². The first-order valence-electron chi connectivity index (χ1n) is 5.17. The minimum Gasteiger partial charge on any atom is -0.244 e. The van der Waals surface area contributed by atoms with Crippen molar-refractivity contribution < 1.29 is 8.42 Å². The second-order valence-corrected chi connectivity index (χ2v) is 7.49. The third-order valence-corrected chi connectivity index (χ3v) is 5.16. The van der Waals surface area contributed by atoms with Crippen molar-refractivity contribution >= 4 is 49.0 Å². The minimum absolute atomic E-state index is 0.0294. The molecule has 0 atom stereocenters. The summed E-state index contributed by atoms with van der Waals surface area (Å²) in [5.74, 6) is -0.168. The molecule has 0 saturated heterocycles. The number of hydrogen-bond acceptors (Lipinski definition) is 3. The number of rotatable bonds is 3. The Labute approximate surface area is 129 Å². The van der Waals surface area contributed by atoms with Crippen molar-refractivity contribution in [2.45, 2.75) is 10.8 Å². The summed E-state index contributed by atoms with van der Waals surface area (Å²) < 4.78 is 25.0. The lowest BCUT2D eigenvalue weighted by molar-refractivity contribution is 0.591. The Bertz CT molecular complexity index is 702. The fourth-order valence-electron chi connectivity index (χ4n) is 1.47. The van der Waals surface area contributed by atoms with Gasteiger partial charge in [0.05, 0.1) is 15.8 Å². The molecule has 0 amide bonds. The predicted octanol–water partition coefficient (Wildman–Crippen LogP) is 4.12. The lowest BCUT2D eigenvalue weighted by Crippen LogP contribution is -2.06. The highest BCUT2D eigenvalue weighted by Crippen LogP contribution is 2.24. The third-order valence-electron chi connectivity index (χ3n) is 2.36. The third kappa shape index (κ3) is 3.69. The number of hydrogen-bond donors (Lipinski definition) is 0. The molecule has 0 unspecified atom stereocenters. The van der Waals surface area contributed by atoms with Crippen LogP contribution in [-0.2, 0) is 15.6 Å². The summed E-state index contributed by atoms with van der Waals surface area (Å²) in [5, 5.41) is 0.754. The predicted molar refractivity (Wildman–Crippen MR) is 79.3 cm³/mol. The molecular formula is C12H8BrCl2NO2S. The number of aromatic nitrogens is 1. The lowest BCUT2D eigenvalue weighted by Gasteiger charge is -2.05. The van der Waals surface area contributed by atoms with Crippen LogP contribution in [-0.4, -0.2) is 13.4 Å². The first kappa shape index (κ1) is 14.8. The second-order valence-electron chi connectivity index (χ2n) is 3.82. The molecule has 0 fully saturated rings. The maximum atomic E-state index is 12.2. The van der Waals surface area contributed by atoms with Gasteiger partial charge < -0.3 is 0 Å². The van der Waals surface area contributed by atoms with Crippen molar-refractivity contribution in [3.63, 3.8) is 0 Å². The van der Waals surface area contributed by atoms with Crippen LogP contribution in [0.1, 0.15) is 5.56 Å². The van der Waals surface area contributed by atoms with Crippen molar-refractivity contribution in [3.8, 4) is 0 Å². The lowest BCUT2D eigenvalue weighted by atomic mass is 10.2. The van der Waals surface area contributed by atoms with Crippen LogP contribution in [0.15, 0.2) is 46.0 Å². The van der Waals surface area contributed by atoms with Gasteiger partial charge in [-0.3, -0.25) is 0 Å². The second kappa shape index (κ2) is 5.79. The molecule has 100 valence electrons. The van der Waals surface area contributed by atoms with Crippen LogP contribution in [0, 0.1) is 0 Å². The van der Waals surface area contributed by atoms with Crippen molar-refractivity contribution in [1.82, 2.24) is 4.98 Å². The Balaban J connectivity index is 2.30. The Morgan fingerprint density at radius 1 is 1.11 bits per heavy atom. The molecule has 1 heterocycles. The van der Waals surface area contributed by atoms with Gasteiger partial charge >= 0.3 is 0 Å². The molecule has 19 heavy (non-hydrogen) atoms. The summed E-state index contributed by atoms with van der Waals surface area (Å²) in [5.41, 5.74) is 0.569. The molecule has 0 aliphatic heterocycles. The molecule has 1 aromatic carbocycles. The number of halogens is 3. The smallest absolute Gasteiger partial charge is 0.199 e. The first-order valence-corrected chi connectivity index (χ1v) is 8.37. The van der Waals surface area contributed by atoms with Crippen molar-refractivity contribution in [2.24, 2.45) is 0 Å².